The van der Waals surface area contributed by atoms with E-state index in [-0.39, 0.29) is 0 Å². The molecule has 2 nitrogen and oxygen atoms in total. The quantitative estimate of drug-likeness (QED) is 0.674. The zero-order valence-corrected chi connectivity index (χ0v) is 8.61. The Hall–Kier alpha value is -1.31. The summed E-state index contributed by atoms with van der Waals surface area (Å²) in [5.41, 5.74) is 2.63. The molecule has 0 saturated heterocycles. The zero-order chi connectivity index (χ0) is 9.80. The van der Waals surface area contributed by atoms with E-state index in [1.165, 1.54) is 30.3 Å². The first-order valence-corrected chi connectivity index (χ1v) is 5.33. The molecule has 0 unspecified atom stereocenters. The fourth-order valence-electron chi connectivity index (χ4n) is 1.75. The first-order chi connectivity index (χ1) is 6.92. The van der Waals surface area contributed by atoms with Gasteiger partial charge < -0.3 is 0 Å². The number of fused-ring (bicyclic) bond motifs is 1. The Morgan fingerprint density at radius 2 is 2.21 bits per heavy atom. The number of rotatable bonds is 4. The molecule has 2 rings (SSSR count). The summed E-state index contributed by atoms with van der Waals surface area (Å²) >= 11 is 0. The van der Waals surface area contributed by atoms with Crippen LogP contribution in [-0.4, -0.2) is 9.61 Å². The Balaban J connectivity index is 2.17. The first-order valence-electron chi connectivity index (χ1n) is 5.33. The Kier molecular flexibility index (Phi) is 2.82. The van der Waals surface area contributed by atoms with Crippen LogP contribution in [0.2, 0.25) is 0 Å². The van der Waals surface area contributed by atoms with Gasteiger partial charge in [0.1, 0.15) is 0 Å². The van der Waals surface area contributed by atoms with Gasteiger partial charge in [-0.1, -0.05) is 25.8 Å². The summed E-state index contributed by atoms with van der Waals surface area (Å²) in [6.07, 6.45) is 9.00. The van der Waals surface area contributed by atoms with Gasteiger partial charge in [0.2, 0.25) is 0 Å². The predicted molar refractivity (Wildman–Crippen MR) is 58.4 cm³/mol. The minimum atomic E-state index is 1.15. The number of hydrogen-bond acceptors (Lipinski definition) is 1. The molecule has 0 radical (unpaired) electrons. The molecule has 2 heteroatoms. The summed E-state index contributed by atoms with van der Waals surface area (Å²) in [4.78, 5) is 0. The van der Waals surface area contributed by atoms with E-state index in [1.54, 1.807) is 0 Å². The number of pyridine rings is 1. The van der Waals surface area contributed by atoms with E-state index in [0.29, 0.717) is 0 Å². The lowest BCUT2D eigenvalue weighted by molar-refractivity contribution is 0.719. The molecular weight excluding hydrogens is 172 g/mol. The highest BCUT2D eigenvalue weighted by Gasteiger charge is 2.01. The van der Waals surface area contributed by atoms with Crippen LogP contribution in [0.25, 0.3) is 5.52 Å². The maximum Gasteiger partial charge on any atom is 0.0693 e. The van der Waals surface area contributed by atoms with Crippen molar-refractivity contribution in [2.75, 3.05) is 0 Å². The minimum absolute atomic E-state index is 1.15. The smallest absolute Gasteiger partial charge is 0.0693 e. The molecule has 2 aromatic heterocycles. The third-order valence-corrected chi connectivity index (χ3v) is 2.56. The number of aryl methyl sites for hydroxylation is 1. The fourth-order valence-corrected chi connectivity index (χ4v) is 1.75. The van der Waals surface area contributed by atoms with Crippen molar-refractivity contribution in [2.45, 2.75) is 32.6 Å². The second-order valence-electron chi connectivity index (χ2n) is 3.66. The lowest BCUT2D eigenvalue weighted by atomic mass is 10.1. The summed E-state index contributed by atoms with van der Waals surface area (Å²) in [6, 6.07) is 6.21. The van der Waals surface area contributed by atoms with Crippen molar-refractivity contribution in [3.05, 3.63) is 36.2 Å². The van der Waals surface area contributed by atoms with Gasteiger partial charge in [0.05, 0.1) is 11.7 Å². The van der Waals surface area contributed by atoms with E-state index >= 15 is 0 Å². The molecule has 2 aromatic rings. The predicted octanol–water partition coefficient (Wildman–Crippen LogP) is 3.07. The van der Waals surface area contributed by atoms with E-state index in [4.69, 9.17) is 0 Å². The Morgan fingerprint density at radius 3 is 3.07 bits per heavy atom. The second kappa shape index (κ2) is 4.27. The van der Waals surface area contributed by atoms with Crippen LogP contribution < -0.4 is 0 Å². The van der Waals surface area contributed by atoms with Gasteiger partial charge in [-0.05, 0) is 30.5 Å². The van der Waals surface area contributed by atoms with Gasteiger partial charge in [0, 0.05) is 6.20 Å². The summed E-state index contributed by atoms with van der Waals surface area (Å²) in [7, 11) is 0. The van der Waals surface area contributed by atoms with Crippen LogP contribution in [0.3, 0.4) is 0 Å². The summed E-state index contributed by atoms with van der Waals surface area (Å²) in [6.45, 7) is 2.23. The number of nitrogens with zero attached hydrogens (tertiary/aromatic N) is 2. The molecule has 0 aromatic carbocycles. The van der Waals surface area contributed by atoms with Gasteiger partial charge >= 0.3 is 0 Å². The average Bonchev–Trinajstić information content (AvgIpc) is 2.63. The van der Waals surface area contributed by atoms with E-state index in [9.17, 15) is 0 Å². The molecule has 0 aliphatic carbocycles. The average molecular weight is 188 g/mol. The van der Waals surface area contributed by atoms with Crippen molar-refractivity contribution in [3.63, 3.8) is 0 Å². The minimum Gasteiger partial charge on any atom is -0.241 e. The van der Waals surface area contributed by atoms with Crippen LogP contribution in [-0.2, 0) is 6.42 Å². The summed E-state index contributed by atoms with van der Waals surface area (Å²) in [5.74, 6) is 0. The topological polar surface area (TPSA) is 17.3 Å². The lowest BCUT2D eigenvalue weighted by Crippen LogP contribution is -1.86. The highest BCUT2D eigenvalue weighted by atomic mass is 15.2. The third kappa shape index (κ3) is 1.79. The molecular formula is C12H16N2. The van der Waals surface area contributed by atoms with Crippen LogP contribution >= 0.6 is 0 Å². The highest BCUT2D eigenvalue weighted by molar-refractivity contribution is 5.53. The van der Waals surface area contributed by atoms with E-state index in [1.807, 2.05) is 23.0 Å². The van der Waals surface area contributed by atoms with Crippen molar-refractivity contribution >= 4 is 5.52 Å². The fraction of sp³-hybridized carbons (Fsp3) is 0.417. The normalized spacial score (nSPS) is 10.9. The Morgan fingerprint density at radius 1 is 1.29 bits per heavy atom. The van der Waals surface area contributed by atoms with Crippen LogP contribution in [0.1, 0.15) is 31.7 Å². The maximum absolute atomic E-state index is 4.31. The molecule has 2 heterocycles. The number of hydrogen-bond donors (Lipinski definition) is 0. The van der Waals surface area contributed by atoms with Crippen molar-refractivity contribution in [1.29, 1.82) is 0 Å². The van der Waals surface area contributed by atoms with Gasteiger partial charge in [0.15, 0.2) is 0 Å². The van der Waals surface area contributed by atoms with E-state index in [2.05, 4.69) is 24.2 Å². The first kappa shape index (κ1) is 9.25. The maximum atomic E-state index is 4.31. The Bertz CT molecular complexity index is 403. The van der Waals surface area contributed by atoms with E-state index in [0.717, 1.165) is 6.42 Å². The van der Waals surface area contributed by atoms with Crippen molar-refractivity contribution < 1.29 is 0 Å². The largest absolute Gasteiger partial charge is 0.241 e. The standard InChI is InChI=1S/C12H16N2/c1-2-3-4-7-11-10-13-14-9-6-5-8-12(11)14/h5-6,8-10H,2-4,7H2,1H3. The SMILES string of the molecule is CCCCCc1cnn2ccccc12. The molecule has 0 aliphatic heterocycles. The van der Waals surface area contributed by atoms with Gasteiger partial charge in [-0.3, -0.25) is 0 Å². The third-order valence-electron chi connectivity index (χ3n) is 2.56. The molecule has 0 saturated carbocycles. The van der Waals surface area contributed by atoms with Crippen LogP contribution in [0.4, 0.5) is 0 Å². The Labute approximate surface area is 84.6 Å². The summed E-state index contributed by atoms with van der Waals surface area (Å²) < 4.78 is 1.95. The van der Waals surface area contributed by atoms with Gasteiger partial charge in [-0.2, -0.15) is 5.10 Å². The number of aromatic nitrogens is 2. The van der Waals surface area contributed by atoms with Gasteiger partial charge in [-0.15, -0.1) is 0 Å². The molecule has 0 amide bonds. The molecule has 0 atom stereocenters. The lowest BCUT2D eigenvalue weighted by Gasteiger charge is -1.97. The van der Waals surface area contributed by atoms with Crippen molar-refractivity contribution in [2.24, 2.45) is 0 Å². The molecule has 74 valence electrons. The van der Waals surface area contributed by atoms with E-state index < -0.39 is 0 Å². The van der Waals surface area contributed by atoms with Crippen LogP contribution in [0.15, 0.2) is 30.6 Å². The highest BCUT2D eigenvalue weighted by Crippen LogP contribution is 2.13. The molecule has 0 aliphatic rings. The van der Waals surface area contributed by atoms with Crippen molar-refractivity contribution in [1.82, 2.24) is 9.61 Å². The molecule has 0 N–H and O–H groups in total. The monoisotopic (exact) mass is 188 g/mol. The van der Waals surface area contributed by atoms with Crippen LogP contribution in [0.5, 0.6) is 0 Å². The molecule has 0 fully saturated rings. The molecule has 0 bridgehead atoms. The van der Waals surface area contributed by atoms with Gasteiger partial charge in [0.25, 0.3) is 0 Å². The zero-order valence-electron chi connectivity index (χ0n) is 8.61. The summed E-state index contributed by atoms with van der Waals surface area (Å²) in [5, 5.41) is 4.31. The van der Waals surface area contributed by atoms with Crippen molar-refractivity contribution in [3.8, 4) is 0 Å². The molecule has 14 heavy (non-hydrogen) atoms. The van der Waals surface area contributed by atoms with Gasteiger partial charge in [-0.25, -0.2) is 4.52 Å². The molecule has 0 spiro atoms. The van der Waals surface area contributed by atoms with Crippen LogP contribution in [0, 0.1) is 0 Å². The number of unbranched alkanes of at least 4 members (excludes halogenated alkanes) is 2. The second-order valence-corrected chi connectivity index (χ2v) is 3.66.